The molecule has 0 spiro atoms. The summed E-state index contributed by atoms with van der Waals surface area (Å²) in [6.07, 6.45) is 1.40. The average molecular weight is 838 g/mol. The van der Waals surface area contributed by atoms with Crippen LogP contribution in [0.3, 0.4) is 0 Å². The fourth-order valence-corrected chi connectivity index (χ4v) is 6.67. The zero-order valence-electron chi connectivity index (χ0n) is 32.8. The van der Waals surface area contributed by atoms with Gasteiger partial charge in [-0.1, -0.05) is 91.6 Å². The van der Waals surface area contributed by atoms with Crippen LogP contribution < -0.4 is 30.9 Å². The summed E-state index contributed by atoms with van der Waals surface area (Å²) < 4.78 is 26.1. The Hall–Kier alpha value is -4.95. The first-order valence-corrected chi connectivity index (χ1v) is 21.1. The monoisotopic (exact) mass is 836 g/mol. The van der Waals surface area contributed by atoms with Crippen molar-refractivity contribution in [3.8, 4) is 0 Å². The van der Waals surface area contributed by atoms with Crippen LogP contribution in [0.1, 0.15) is 71.1 Å². The molecule has 0 radical (unpaired) electrons. The van der Waals surface area contributed by atoms with Crippen molar-refractivity contribution in [1.82, 2.24) is 26.6 Å². The van der Waals surface area contributed by atoms with Gasteiger partial charge in [-0.15, -0.1) is 0 Å². The molecular formula is C42H50Cl2N6O6S. The Morgan fingerprint density at radius 3 is 1.93 bits per heavy atom. The molecule has 57 heavy (non-hydrogen) atoms. The maximum atomic E-state index is 14.0. The Kier molecular flexibility index (Phi) is 16.1. The third-order valence-corrected chi connectivity index (χ3v) is 11.0. The molecule has 0 saturated carbocycles. The van der Waals surface area contributed by atoms with Crippen LogP contribution in [-0.2, 0) is 32.6 Å². The summed E-state index contributed by atoms with van der Waals surface area (Å²) in [7, 11) is -2.42. The van der Waals surface area contributed by atoms with Gasteiger partial charge in [0.05, 0.1) is 24.0 Å². The summed E-state index contributed by atoms with van der Waals surface area (Å²) in [5.74, 6) is -2.03. The molecule has 0 heterocycles. The van der Waals surface area contributed by atoms with E-state index in [1.807, 2.05) is 62.4 Å². The van der Waals surface area contributed by atoms with Gasteiger partial charge < -0.3 is 26.6 Å². The molecule has 12 nitrogen and oxygen atoms in total. The second-order valence-corrected chi connectivity index (χ2v) is 17.2. The molecule has 0 bridgehead atoms. The van der Waals surface area contributed by atoms with E-state index >= 15 is 0 Å². The summed E-state index contributed by atoms with van der Waals surface area (Å²) >= 11 is 12.1. The highest BCUT2D eigenvalue weighted by Gasteiger charge is 2.27. The number of benzene rings is 4. The number of amides is 4. The second kappa shape index (κ2) is 20.5. The Bertz CT molecular complexity index is 2140. The fourth-order valence-electron chi connectivity index (χ4n) is 5.85. The number of hydrogen-bond donors (Lipinski definition) is 5. The van der Waals surface area contributed by atoms with Gasteiger partial charge in [0, 0.05) is 47.4 Å². The Balaban J connectivity index is 1.51. The smallest absolute Gasteiger partial charge is 0.251 e. The molecular weight excluding hydrogens is 787 g/mol. The topological polar surface area (TPSA) is 166 Å². The molecule has 0 aliphatic carbocycles. The summed E-state index contributed by atoms with van der Waals surface area (Å²) in [6, 6.07) is 25.2. The maximum Gasteiger partial charge on any atom is 0.251 e. The van der Waals surface area contributed by atoms with Crippen molar-refractivity contribution < 1.29 is 27.6 Å². The standard InChI is InChI=1S/C42H50Cl2N6O6S/c1-26(2)38(42(54)46-24-30-15-17-34(43)18-16-30)49-39(51)28(4)45-25-36(19-29-11-8-7-9-12-29)48-41(53)33-20-32(22-37(23-33)50(5)57(6,55)56)40(52)47-27(3)31-13-10-14-35(44)21-31/h7-18,20-23,26-28,36,38,45H,19,24-25H2,1-6H3,(H,46,54)(H,47,52)(H,48,53)(H,49,51)/t27-,28?,36+,38+/m1/s1. The Morgan fingerprint density at radius 2 is 1.33 bits per heavy atom. The number of carbonyl (C=O) groups excluding carboxylic acids is 4. The number of halogens is 2. The van der Waals surface area contributed by atoms with E-state index in [1.165, 1.54) is 25.2 Å². The van der Waals surface area contributed by atoms with Gasteiger partial charge in [0.25, 0.3) is 11.8 Å². The summed E-state index contributed by atoms with van der Waals surface area (Å²) in [4.78, 5) is 54.1. The molecule has 0 fully saturated rings. The fraction of sp³-hybridized carbons (Fsp3) is 0.333. The quantitative estimate of drug-likeness (QED) is 0.0864. The number of sulfonamides is 1. The van der Waals surface area contributed by atoms with Gasteiger partial charge in [0.2, 0.25) is 21.8 Å². The molecule has 0 aliphatic rings. The zero-order valence-corrected chi connectivity index (χ0v) is 35.1. The molecule has 4 rings (SSSR count). The van der Waals surface area contributed by atoms with E-state index in [2.05, 4.69) is 26.6 Å². The lowest BCUT2D eigenvalue weighted by molar-refractivity contribution is -0.131. The van der Waals surface area contributed by atoms with Crippen molar-refractivity contribution in [2.24, 2.45) is 5.92 Å². The molecule has 4 amide bonds. The number of anilines is 1. The number of carbonyl (C=O) groups is 4. The summed E-state index contributed by atoms with van der Waals surface area (Å²) in [5.41, 5.74) is 2.78. The first-order chi connectivity index (χ1) is 26.9. The van der Waals surface area contributed by atoms with E-state index in [9.17, 15) is 27.6 Å². The van der Waals surface area contributed by atoms with Gasteiger partial charge in [-0.25, -0.2) is 8.42 Å². The maximum absolute atomic E-state index is 14.0. The molecule has 1 unspecified atom stereocenters. The zero-order chi connectivity index (χ0) is 41.9. The van der Waals surface area contributed by atoms with Crippen LogP contribution in [0, 0.1) is 5.92 Å². The minimum atomic E-state index is -3.76. The molecule has 0 aliphatic heterocycles. The molecule has 4 aromatic rings. The van der Waals surface area contributed by atoms with Crippen molar-refractivity contribution in [3.05, 3.63) is 135 Å². The van der Waals surface area contributed by atoms with Crippen LogP contribution in [-0.4, -0.2) is 70.0 Å². The van der Waals surface area contributed by atoms with Gasteiger partial charge in [-0.05, 0) is 85.3 Å². The second-order valence-electron chi connectivity index (χ2n) is 14.3. The largest absolute Gasteiger partial charge is 0.350 e. The minimum absolute atomic E-state index is 0.0526. The first-order valence-electron chi connectivity index (χ1n) is 18.5. The lowest BCUT2D eigenvalue weighted by Gasteiger charge is -2.26. The molecule has 4 aromatic carbocycles. The van der Waals surface area contributed by atoms with Crippen molar-refractivity contribution in [2.45, 2.75) is 64.8 Å². The minimum Gasteiger partial charge on any atom is -0.350 e. The van der Waals surface area contributed by atoms with E-state index in [0.717, 1.165) is 27.3 Å². The van der Waals surface area contributed by atoms with Crippen molar-refractivity contribution in [1.29, 1.82) is 0 Å². The number of nitrogens with one attached hydrogen (secondary N) is 5. The highest BCUT2D eigenvalue weighted by molar-refractivity contribution is 7.92. The highest BCUT2D eigenvalue weighted by atomic mass is 35.5. The lowest BCUT2D eigenvalue weighted by atomic mass is 10.0. The Labute approximate surface area is 345 Å². The SMILES string of the molecule is CC(NC[C@H](Cc1ccccc1)NC(=O)c1cc(C(=O)N[C@H](C)c2cccc(Cl)c2)cc(N(C)S(C)(=O)=O)c1)C(=O)N[C@H](C(=O)NCc1ccc(Cl)cc1)C(C)C. The third-order valence-electron chi connectivity index (χ3n) is 9.35. The third kappa shape index (κ3) is 13.6. The molecule has 15 heteroatoms. The molecule has 0 aromatic heterocycles. The van der Waals surface area contributed by atoms with Gasteiger partial charge in [-0.3, -0.25) is 23.5 Å². The van der Waals surface area contributed by atoms with E-state index < -0.39 is 51.9 Å². The van der Waals surface area contributed by atoms with Crippen LogP contribution in [0.5, 0.6) is 0 Å². The average Bonchev–Trinajstić information content (AvgIpc) is 3.17. The number of nitrogens with zero attached hydrogens (tertiary/aromatic N) is 1. The summed E-state index contributed by atoms with van der Waals surface area (Å²) in [6.45, 7) is 7.55. The molecule has 304 valence electrons. The first kappa shape index (κ1) is 44.8. The van der Waals surface area contributed by atoms with E-state index in [0.29, 0.717) is 16.5 Å². The van der Waals surface area contributed by atoms with Gasteiger partial charge in [-0.2, -0.15) is 0 Å². The van der Waals surface area contributed by atoms with E-state index in [4.69, 9.17) is 23.2 Å². The van der Waals surface area contributed by atoms with Gasteiger partial charge in [0.15, 0.2) is 0 Å². The van der Waals surface area contributed by atoms with Crippen LogP contribution in [0.2, 0.25) is 10.0 Å². The van der Waals surface area contributed by atoms with Crippen molar-refractivity contribution >= 4 is 62.5 Å². The Morgan fingerprint density at radius 1 is 0.702 bits per heavy atom. The van der Waals surface area contributed by atoms with Crippen LogP contribution in [0.4, 0.5) is 5.69 Å². The normalized spacial score (nSPS) is 13.5. The van der Waals surface area contributed by atoms with Gasteiger partial charge in [0.1, 0.15) is 6.04 Å². The molecule has 0 saturated heterocycles. The predicted molar refractivity (Wildman–Crippen MR) is 226 cm³/mol. The van der Waals surface area contributed by atoms with Crippen LogP contribution in [0.25, 0.3) is 0 Å². The van der Waals surface area contributed by atoms with E-state index in [-0.39, 0.29) is 41.7 Å². The van der Waals surface area contributed by atoms with Crippen LogP contribution >= 0.6 is 23.2 Å². The number of rotatable bonds is 18. The summed E-state index contributed by atoms with van der Waals surface area (Å²) in [5, 5.41) is 15.9. The highest BCUT2D eigenvalue weighted by Crippen LogP contribution is 2.23. The molecule has 4 atom stereocenters. The van der Waals surface area contributed by atoms with E-state index in [1.54, 1.807) is 44.2 Å². The van der Waals surface area contributed by atoms with Gasteiger partial charge >= 0.3 is 0 Å². The predicted octanol–water partition coefficient (Wildman–Crippen LogP) is 5.66. The van der Waals surface area contributed by atoms with Crippen molar-refractivity contribution in [2.75, 3.05) is 24.2 Å². The van der Waals surface area contributed by atoms with Crippen LogP contribution in [0.15, 0.2) is 97.1 Å². The number of hydrogen-bond acceptors (Lipinski definition) is 7. The lowest BCUT2D eigenvalue weighted by Crippen LogP contribution is -2.55. The van der Waals surface area contributed by atoms with Crippen molar-refractivity contribution in [3.63, 3.8) is 0 Å². The molecule has 5 N–H and O–H groups in total.